The number of aliphatic hydroxyl groups is 1. The number of halogens is 1. The minimum atomic E-state index is -1.48. The van der Waals surface area contributed by atoms with Crippen LogP contribution >= 0.6 is 59.6 Å². The number of piperidine rings is 1. The van der Waals surface area contributed by atoms with Crippen molar-refractivity contribution in [3.63, 3.8) is 0 Å². The van der Waals surface area contributed by atoms with Crippen molar-refractivity contribution in [1.29, 1.82) is 0 Å². The summed E-state index contributed by atoms with van der Waals surface area (Å²) in [7, 11) is 0. The van der Waals surface area contributed by atoms with Gasteiger partial charge in [-0.3, -0.25) is 48.1 Å². The molecule has 1 saturated heterocycles. The number of hydrogen-bond acceptors (Lipinski definition) is 16. The second-order valence-electron chi connectivity index (χ2n) is 25.8. The van der Waals surface area contributed by atoms with E-state index in [0.717, 1.165) is 60.1 Å². The van der Waals surface area contributed by atoms with Gasteiger partial charge in [-0.05, 0) is 151 Å². The summed E-state index contributed by atoms with van der Waals surface area (Å²) in [6.45, 7) is 8.91. The normalized spacial score (nSPS) is 17.9. The SMILES string of the molecule is CCCN1C[C@@H](CSCC(=O)N[C@H](Cc2ccccc2)C(=O)N[C@@H](CS)C(=O)N[C@@H](Cc2ccc(O)c(I)c2)C(=O)N[C@H](Cc2c[nH]c3ccccc23)C(=O)N[C@@H](CCCCN)C(=O)N[C@H](C(=O)N[C@@H](CS)C(=O)N[C@H](C(N)=O)[C@@H](C)O)C(C)C)C[C@@H]2c3cccc4[nH]cc(c34)C[C@H]21. The highest BCUT2D eigenvalue weighted by Gasteiger charge is 2.41. The third-order valence-electron chi connectivity index (χ3n) is 18.1. The lowest BCUT2D eigenvalue weighted by Crippen LogP contribution is -2.62. The molecule has 1 aliphatic heterocycles. The average molecular weight is 1510 g/mol. The monoisotopic (exact) mass is 1510 g/mol. The summed E-state index contributed by atoms with van der Waals surface area (Å²) in [5.74, 6) is -6.56. The van der Waals surface area contributed by atoms with Gasteiger partial charge in [0.2, 0.25) is 53.2 Å². The molecule has 0 radical (unpaired) electrons. The van der Waals surface area contributed by atoms with Gasteiger partial charge in [0.15, 0.2) is 0 Å². The third kappa shape index (κ3) is 20.4. The van der Waals surface area contributed by atoms with Crippen LogP contribution in [0.4, 0.5) is 0 Å². The smallest absolute Gasteiger partial charge is 0.244 e. The van der Waals surface area contributed by atoms with Crippen LogP contribution in [0.5, 0.6) is 5.75 Å². The maximum absolute atomic E-state index is 15.2. The number of para-hydroxylation sites is 1. The number of aromatic nitrogens is 2. The fourth-order valence-corrected chi connectivity index (χ4v) is 15.1. The Morgan fingerprint density at radius 2 is 1.24 bits per heavy atom. The van der Waals surface area contributed by atoms with Crippen LogP contribution in [-0.2, 0) is 68.8 Å². The molecule has 12 atom stereocenters. The number of thioether (sulfide) groups is 1. The number of benzene rings is 4. The van der Waals surface area contributed by atoms with Crippen molar-refractivity contribution in [1.82, 2.24) is 57.4 Å². The number of carbonyl (C=O) groups is 9. The van der Waals surface area contributed by atoms with Gasteiger partial charge < -0.3 is 74.2 Å². The highest BCUT2D eigenvalue weighted by atomic mass is 127. The van der Waals surface area contributed by atoms with E-state index < -0.39 is 108 Å². The summed E-state index contributed by atoms with van der Waals surface area (Å²) in [4.78, 5) is 137. The number of H-pyrrole nitrogens is 2. The first kappa shape index (κ1) is 76.4. The van der Waals surface area contributed by atoms with Gasteiger partial charge in [-0.2, -0.15) is 37.0 Å². The van der Waals surface area contributed by atoms with Gasteiger partial charge in [0.05, 0.1) is 15.4 Å². The topological polar surface area (TPSA) is 377 Å². The fourth-order valence-electron chi connectivity index (χ4n) is 13.0. The molecule has 3 heterocycles. The van der Waals surface area contributed by atoms with E-state index in [1.165, 1.54) is 41.3 Å². The first-order valence-electron chi connectivity index (χ1n) is 33.3. The largest absolute Gasteiger partial charge is 0.507 e. The molecule has 98 heavy (non-hydrogen) atoms. The van der Waals surface area contributed by atoms with Crippen LogP contribution in [0.25, 0.3) is 21.8 Å². The van der Waals surface area contributed by atoms with E-state index in [1.54, 1.807) is 32.2 Å². The number of aromatic hydroxyl groups is 1. The van der Waals surface area contributed by atoms with E-state index in [9.17, 15) is 43.8 Å². The zero-order chi connectivity index (χ0) is 70.7. The first-order chi connectivity index (χ1) is 47.0. The second-order valence-corrected chi connectivity index (χ2v) is 28.7. The maximum atomic E-state index is 15.2. The number of nitrogens with zero attached hydrogens (tertiary/aromatic N) is 1. The van der Waals surface area contributed by atoms with Gasteiger partial charge in [-0.15, -0.1) is 0 Å². The van der Waals surface area contributed by atoms with Gasteiger partial charge in [0, 0.05) is 83.5 Å². The van der Waals surface area contributed by atoms with Gasteiger partial charge in [-0.1, -0.05) is 87.5 Å². The summed E-state index contributed by atoms with van der Waals surface area (Å²) in [6, 6.07) is 17.2. The lowest BCUT2D eigenvalue weighted by molar-refractivity contribution is -0.136. The Morgan fingerprint density at radius 1 is 0.663 bits per heavy atom. The van der Waals surface area contributed by atoms with Crippen molar-refractivity contribution in [3.05, 3.63) is 135 Å². The van der Waals surface area contributed by atoms with E-state index in [2.05, 4.69) is 114 Å². The highest BCUT2D eigenvalue weighted by Crippen LogP contribution is 2.45. The summed E-state index contributed by atoms with van der Waals surface area (Å²) in [6.07, 6.45) is 6.09. The van der Waals surface area contributed by atoms with Crippen molar-refractivity contribution in [2.24, 2.45) is 23.3 Å². The number of likely N-dealkylation sites (tertiary alicyclic amines) is 1. The molecule has 1 aliphatic carbocycles. The summed E-state index contributed by atoms with van der Waals surface area (Å²) < 4.78 is 0.445. The van der Waals surface area contributed by atoms with Crippen LogP contribution in [0.1, 0.15) is 93.5 Å². The lowest BCUT2D eigenvalue weighted by Gasteiger charge is -2.47. The van der Waals surface area contributed by atoms with Crippen LogP contribution in [-0.4, -0.2) is 181 Å². The number of fused-ring (bicyclic) bond motifs is 3. The van der Waals surface area contributed by atoms with E-state index >= 15 is 9.59 Å². The van der Waals surface area contributed by atoms with Crippen LogP contribution in [0.2, 0.25) is 0 Å². The van der Waals surface area contributed by atoms with Gasteiger partial charge in [0.25, 0.3) is 0 Å². The zero-order valence-electron chi connectivity index (χ0n) is 55.5. The predicted molar refractivity (Wildman–Crippen MR) is 394 cm³/mol. The number of nitrogens with one attached hydrogen (secondary N) is 10. The molecule has 1 fully saturated rings. The number of hydrogen-bond donors (Lipinski definition) is 16. The van der Waals surface area contributed by atoms with Crippen LogP contribution < -0.4 is 54.0 Å². The number of phenols is 1. The summed E-state index contributed by atoms with van der Waals surface area (Å²) in [5.41, 5.74) is 17.8. The van der Waals surface area contributed by atoms with Gasteiger partial charge in [0.1, 0.15) is 54.1 Å². The molecule has 6 aromatic rings. The Kier molecular flexibility index (Phi) is 28.6. The van der Waals surface area contributed by atoms with Crippen LogP contribution in [0.3, 0.4) is 0 Å². The molecule has 2 aliphatic rings. The van der Waals surface area contributed by atoms with E-state index in [-0.39, 0.29) is 61.1 Å². The molecule has 24 nitrogen and oxygen atoms in total. The number of primary amides is 1. The molecule has 16 N–H and O–H groups in total. The molecule has 0 spiro atoms. The van der Waals surface area contributed by atoms with Gasteiger partial charge in [-0.25, -0.2) is 0 Å². The third-order valence-corrected chi connectivity index (χ3v) is 20.8. The number of carbonyl (C=O) groups excluding carboxylic acids is 9. The molecule has 0 unspecified atom stereocenters. The van der Waals surface area contributed by atoms with Crippen molar-refractivity contribution in [3.8, 4) is 5.75 Å². The van der Waals surface area contributed by atoms with Crippen molar-refractivity contribution < 1.29 is 53.4 Å². The molecular weight excluding hydrogens is 1420 g/mol. The van der Waals surface area contributed by atoms with Gasteiger partial charge >= 0.3 is 0 Å². The van der Waals surface area contributed by atoms with Crippen molar-refractivity contribution >= 4 is 135 Å². The number of rotatable bonds is 36. The number of nitrogens with two attached hydrogens (primary N) is 2. The molecule has 9 amide bonds. The molecule has 8 rings (SSSR count). The van der Waals surface area contributed by atoms with Crippen LogP contribution in [0.15, 0.2) is 103 Å². The minimum absolute atomic E-state index is 0.0262. The Morgan fingerprint density at radius 3 is 1.90 bits per heavy atom. The molecule has 0 saturated carbocycles. The van der Waals surface area contributed by atoms with Crippen molar-refractivity contribution in [2.75, 3.05) is 42.6 Å². The molecule has 4 aromatic carbocycles. The number of amides is 9. The van der Waals surface area contributed by atoms with E-state index in [1.807, 2.05) is 77.2 Å². The number of phenolic OH excluding ortho intramolecular Hbond substituents is 1. The van der Waals surface area contributed by atoms with E-state index in [4.69, 9.17) is 11.5 Å². The highest BCUT2D eigenvalue weighted by molar-refractivity contribution is 14.1. The number of aromatic amines is 2. The number of aliphatic hydroxyl groups excluding tert-OH is 1. The maximum Gasteiger partial charge on any atom is 0.244 e. The predicted octanol–water partition coefficient (Wildman–Crippen LogP) is 3.55. The lowest BCUT2D eigenvalue weighted by atomic mass is 9.72. The average Bonchev–Trinajstić information content (AvgIpc) is 1.44. The molecular formula is C70H92IN13O11S3. The van der Waals surface area contributed by atoms with Crippen LogP contribution in [0, 0.1) is 15.4 Å². The zero-order valence-corrected chi connectivity index (χ0v) is 60.2. The number of thiol groups is 2. The summed E-state index contributed by atoms with van der Waals surface area (Å²) >= 11 is 12.2. The second kappa shape index (κ2) is 36.6. The first-order valence-corrected chi connectivity index (χ1v) is 36.8. The Balaban J connectivity index is 0.987. The Hall–Kier alpha value is -7.35. The molecule has 528 valence electrons. The number of unbranched alkanes of at least 4 members (excludes halogenated alkanes) is 1. The standard InChI is InChI=1S/C70H92IN13O11S3/c1-5-24-84-33-42(25-47-46-17-13-20-50-60(46)44(32-75-50)30-57(47)84)36-98-37-59(87)76-52(27-40-14-7-6-8-15-40)65(90)80-55(34-96)68(93)78-53(28-41-21-22-58(86)48(71)26-41)66(91)79-54(29-43-31-74-49-18-10-9-16-45(43)49)67(92)77-51(19-11-12-23-72)64(89)82-61(38(2)3)70(95)81-56(35-97)69(94)83-62(39(4)85)63(73)88/h6-10,13-18,20-22,26,31-32,38-39,42,47,51-57,61-62,74-75,85-86,96-97H,5,11-12,19,23-25,27-30,33-37,72H2,1-4H3,(H2,73,88)(H,76,87)(H,77,92)(H,78,93)(H,79,91)(H,80,90)(H,81,95)(H,82,89)(H,83,94)/t39-,42+,47-,51+,52-,53+,54-,55+,56+,57-,61+,62+/m1/s1. The fraction of sp³-hybridized carbons (Fsp3) is 0.471. The molecule has 28 heteroatoms. The Labute approximate surface area is 599 Å². The quantitative estimate of drug-likeness (QED) is 0.0152. The Bertz CT molecular complexity index is 3760. The van der Waals surface area contributed by atoms with Crippen molar-refractivity contribution in [2.45, 2.75) is 152 Å². The molecule has 0 bridgehead atoms. The van der Waals surface area contributed by atoms with E-state index in [0.29, 0.717) is 45.4 Å². The molecule has 2 aromatic heterocycles. The summed E-state index contributed by atoms with van der Waals surface area (Å²) in [5, 5.41) is 44.5. The minimum Gasteiger partial charge on any atom is -0.507 e.